The van der Waals surface area contributed by atoms with Crippen LogP contribution >= 0.6 is 0 Å². The predicted octanol–water partition coefficient (Wildman–Crippen LogP) is 10.3. The third-order valence-corrected chi connectivity index (χ3v) is 8.38. The highest BCUT2D eigenvalue weighted by atomic mass is 16.5. The lowest BCUT2D eigenvalue weighted by Gasteiger charge is -2.27. The van der Waals surface area contributed by atoms with Gasteiger partial charge in [-0.05, 0) is 57.3 Å². The van der Waals surface area contributed by atoms with E-state index < -0.39 is 5.97 Å². The second kappa shape index (κ2) is 22.9. The van der Waals surface area contributed by atoms with E-state index in [0.717, 1.165) is 31.6 Å². The molecule has 4 nitrogen and oxygen atoms in total. The zero-order chi connectivity index (χ0) is 27.1. The first-order chi connectivity index (χ1) is 17.9. The summed E-state index contributed by atoms with van der Waals surface area (Å²) in [4.78, 5) is 24.1. The van der Waals surface area contributed by atoms with E-state index >= 15 is 0 Å². The minimum absolute atomic E-state index is 0.0456. The van der Waals surface area contributed by atoms with E-state index in [4.69, 9.17) is 4.74 Å². The summed E-state index contributed by atoms with van der Waals surface area (Å²) in [7, 11) is 0. The molecular weight excluding hydrogens is 460 g/mol. The molecule has 0 aromatic rings. The molecule has 0 aromatic carbocycles. The molecule has 0 saturated heterocycles. The van der Waals surface area contributed by atoms with Gasteiger partial charge < -0.3 is 9.84 Å². The number of aliphatic carboxylic acids is 1. The van der Waals surface area contributed by atoms with Crippen molar-refractivity contribution in [3.63, 3.8) is 0 Å². The second-order valence-electron chi connectivity index (χ2n) is 12.4. The molecule has 0 amide bonds. The number of esters is 1. The molecule has 1 aliphatic rings. The van der Waals surface area contributed by atoms with Crippen molar-refractivity contribution in [2.45, 2.75) is 181 Å². The van der Waals surface area contributed by atoms with Crippen LogP contribution in [0.2, 0.25) is 0 Å². The first kappa shape index (κ1) is 34.0. The number of carbonyl (C=O) groups excluding carboxylic acids is 1. The standard InChI is InChI=1S/C33H62O4/c1-4-5-6-7-8-9-10-11-12-16-19-22-31(23-20-17-14-13-15-18-21-28(2)3)37-33(36)30-26-24-29(25-27-30)32(34)35/h28-31H,4-27H2,1-3H3,(H,34,35). The zero-order valence-corrected chi connectivity index (χ0v) is 25.0. The molecule has 0 aromatic heterocycles. The fourth-order valence-corrected chi connectivity index (χ4v) is 5.77. The summed E-state index contributed by atoms with van der Waals surface area (Å²) in [5.41, 5.74) is 0. The van der Waals surface area contributed by atoms with Crippen molar-refractivity contribution in [3.05, 3.63) is 0 Å². The van der Waals surface area contributed by atoms with Crippen molar-refractivity contribution in [1.29, 1.82) is 0 Å². The molecule has 1 aliphatic carbocycles. The molecule has 0 aliphatic heterocycles. The Labute approximate surface area is 230 Å². The Morgan fingerprint density at radius 2 is 1.00 bits per heavy atom. The van der Waals surface area contributed by atoms with Crippen LogP contribution < -0.4 is 0 Å². The van der Waals surface area contributed by atoms with Crippen molar-refractivity contribution in [1.82, 2.24) is 0 Å². The smallest absolute Gasteiger partial charge is 0.309 e. The average Bonchev–Trinajstić information content (AvgIpc) is 2.88. The molecule has 37 heavy (non-hydrogen) atoms. The highest BCUT2D eigenvalue weighted by molar-refractivity contribution is 5.74. The van der Waals surface area contributed by atoms with Crippen LogP contribution in [0, 0.1) is 17.8 Å². The van der Waals surface area contributed by atoms with Crippen molar-refractivity contribution in [2.24, 2.45) is 17.8 Å². The van der Waals surface area contributed by atoms with Gasteiger partial charge >= 0.3 is 11.9 Å². The molecular formula is C33H62O4. The Morgan fingerprint density at radius 1 is 0.622 bits per heavy atom. The van der Waals surface area contributed by atoms with Gasteiger partial charge in [-0.2, -0.15) is 0 Å². The van der Waals surface area contributed by atoms with Gasteiger partial charge in [0.25, 0.3) is 0 Å². The summed E-state index contributed by atoms with van der Waals surface area (Å²) >= 11 is 0. The average molecular weight is 523 g/mol. The maximum Gasteiger partial charge on any atom is 0.309 e. The van der Waals surface area contributed by atoms with Crippen molar-refractivity contribution in [3.8, 4) is 0 Å². The lowest BCUT2D eigenvalue weighted by Crippen LogP contribution is -2.29. The van der Waals surface area contributed by atoms with Crippen LogP contribution in [0.4, 0.5) is 0 Å². The lowest BCUT2D eigenvalue weighted by atomic mass is 9.82. The fraction of sp³-hybridized carbons (Fsp3) is 0.939. The van der Waals surface area contributed by atoms with E-state index in [1.54, 1.807) is 0 Å². The maximum atomic E-state index is 12.9. The van der Waals surface area contributed by atoms with Crippen LogP contribution in [0.15, 0.2) is 0 Å². The van der Waals surface area contributed by atoms with Crippen LogP contribution in [-0.2, 0) is 14.3 Å². The van der Waals surface area contributed by atoms with Crippen LogP contribution in [-0.4, -0.2) is 23.1 Å². The Balaban J connectivity index is 2.28. The van der Waals surface area contributed by atoms with Gasteiger partial charge in [0.1, 0.15) is 6.10 Å². The molecule has 1 fully saturated rings. The van der Waals surface area contributed by atoms with E-state index in [-0.39, 0.29) is 23.9 Å². The number of unbranched alkanes of at least 4 members (excludes halogenated alkanes) is 15. The van der Waals surface area contributed by atoms with Gasteiger partial charge in [0.15, 0.2) is 0 Å². The number of ether oxygens (including phenoxy) is 1. The first-order valence-corrected chi connectivity index (χ1v) is 16.4. The van der Waals surface area contributed by atoms with E-state index in [2.05, 4.69) is 20.8 Å². The van der Waals surface area contributed by atoms with E-state index in [9.17, 15) is 14.7 Å². The van der Waals surface area contributed by atoms with E-state index in [1.807, 2.05) is 0 Å². The lowest BCUT2D eigenvalue weighted by molar-refractivity contribution is -0.158. The minimum atomic E-state index is -0.717. The first-order valence-electron chi connectivity index (χ1n) is 16.4. The number of carbonyl (C=O) groups is 2. The SMILES string of the molecule is CCCCCCCCCCCCCC(CCCCCCCCC(C)C)OC(=O)C1CCC(C(=O)O)CC1. The third kappa shape index (κ3) is 18.8. The number of carboxylic acid groups (broad SMARTS) is 1. The molecule has 1 unspecified atom stereocenters. The van der Waals surface area contributed by atoms with Crippen LogP contribution in [0.1, 0.15) is 175 Å². The zero-order valence-electron chi connectivity index (χ0n) is 25.0. The summed E-state index contributed by atoms with van der Waals surface area (Å²) in [6.07, 6.45) is 28.2. The summed E-state index contributed by atoms with van der Waals surface area (Å²) in [5.74, 6) is -0.353. The molecule has 0 heterocycles. The molecule has 1 rings (SSSR count). The Hall–Kier alpha value is -1.06. The van der Waals surface area contributed by atoms with Crippen LogP contribution in [0.5, 0.6) is 0 Å². The number of hydrogen-bond donors (Lipinski definition) is 1. The quantitative estimate of drug-likeness (QED) is 0.101. The minimum Gasteiger partial charge on any atom is -0.481 e. The van der Waals surface area contributed by atoms with Gasteiger partial charge in [0.05, 0.1) is 11.8 Å². The summed E-state index contributed by atoms with van der Waals surface area (Å²) in [6.45, 7) is 6.87. The Kier molecular flexibility index (Phi) is 21.0. The molecule has 0 bridgehead atoms. The topological polar surface area (TPSA) is 63.6 Å². The molecule has 0 radical (unpaired) electrons. The van der Waals surface area contributed by atoms with Crippen molar-refractivity contribution >= 4 is 11.9 Å². The summed E-state index contributed by atoms with van der Waals surface area (Å²) < 4.78 is 6.06. The molecule has 0 spiro atoms. The van der Waals surface area contributed by atoms with Gasteiger partial charge in [-0.1, -0.05) is 124 Å². The Morgan fingerprint density at radius 3 is 1.41 bits per heavy atom. The van der Waals surface area contributed by atoms with Crippen LogP contribution in [0.25, 0.3) is 0 Å². The third-order valence-electron chi connectivity index (χ3n) is 8.38. The highest BCUT2D eigenvalue weighted by Crippen LogP contribution is 2.30. The predicted molar refractivity (Wildman–Crippen MR) is 156 cm³/mol. The van der Waals surface area contributed by atoms with E-state index in [1.165, 1.54) is 103 Å². The summed E-state index contributed by atoms with van der Waals surface area (Å²) in [5, 5.41) is 9.24. The van der Waals surface area contributed by atoms with Gasteiger partial charge in [-0.25, -0.2) is 0 Å². The van der Waals surface area contributed by atoms with E-state index in [0.29, 0.717) is 25.7 Å². The second-order valence-corrected chi connectivity index (χ2v) is 12.4. The van der Waals surface area contributed by atoms with Crippen molar-refractivity contribution < 1.29 is 19.4 Å². The summed E-state index contributed by atoms with van der Waals surface area (Å²) in [6, 6.07) is 0. The highest BCUT2D eigenvalue weighted by Gasteiger charge is 2.31. The largest absolute Gasteiger partial charge is 0.481 e. The maximum absolute atomic E-state index is 12.9. The molecule has 4 heteroatoms. The molecule has 1 atom stereocenters. The van der Waals surface area contributed by atoms with Gasteiger partial charge in [0, 0.05) is 0 Å². The van der Waals surface area contributed by atoms with Gasteiger partial charge in [0.2, 0.25) is 0 Å². The number of hydrogen-bond acceptors (Lipinski definition) is 3. The fourth-order valence-electron chi connectivity index (χ4n) is 5.77. The molecule has 218 valence electrons. The van der Waals surface area contributed by atoms with Crippen molar-refractivity contribution in [2.75, 3.05) is 0 Å². The van der Waals surface area contributed by atoms with Gasteiger partial charge in [-0.3, -0.25) is 9.59 Å². The molecule has 1 saturated carbocycles. The monoisotopic (exact) mass is 522 g/mol. The number of rotatable bonds is 24. The van der Waals surface area contributed by atoms with Gasteiger partial charge in [-0.15, -0.1) is 0 Å². The Bertz CT molecular complexity index is 551. The molecule has 1 N–H and O–H groups in total. The van der Waals surface area contributed by atoms with Crippen LogP contribution in [0.3, 0.4) is 0 Å². The normalized spacial score (nSPS) is 18.7. The number of carboxylic acids is 1.